The zero-order chi connectivity index (χ0) is 39.4. The van der Waals surface area contributed by atoms with Crippen molar-refractivity contribution in [3.05, 3.63) is 0 Å². The summed E-state index contributed by atoms with van der Waals surface area (Å²) in [5.41, 5.74) is 0. The molecule has 0 unspecified atom stereocenters. The topological polar surface area (TPSA) is 78.9 Å². The van der Waals surface area contributed by atoms with Crippen LogP contribution in [0.15, 0.2) is 0 Å². The monoisotopic (exact) mass is 765 g/mol. The summed E-state index contributed by atoms with van der Waals surface area (Å²) in [6.45, 7) is 6.58. The Balaban J connectivity index is 4.11. The van der Waals surface area contributed by atoms with Crippen molar-refractivity contribution in [2.75, 3.05) is 13.2 Å². The van der Waals surface area contributed by atoms with Crippen molar-refractivity contribution in [3.63, 3.8) is 0 Å². The van der Waals surface area contributed by atoms with Gasteiger partial charge in [0.05, 0.1) is 0 Å². The van der Waals surface area contributed by atoms with Gasteiger partial charge < -0.3 is 14.2 Å². The number of rotatable bonds is 44. The zero-order valence-corrected chi connectivity index (χ0v) is 36.5. The van der Waals surface area contributed by atoms with Crippen LogP contribution in [0.5, 0.6) is 0 Å². The average molecular weight is 765 g/mol. The van der Waals surface area contributed by atoms with Gasteiger partial charge in [0.2, 0.25) is 0 Å². The van der Waals surface area contributed by atoms with E-state index < -0.39 is 6.10 Å². The highest BCUT2D eigenvalue weighted by Crippen LogP contribution is 2.16. The standard InChI is InChI=1S/C48H92O6/c1-4-7-10-13-15-17-19-21-22-23-24-25-26-27-29-31-33-36-39-42-48(51)54-45(43-52-46(49)40-37-34-12-9-6-3)44-53-47(50)41-38-35-32-30-28-20-18-16-14-11-8-5-2/h45H,4-44H2,1-3H3/t45-/m0/s1. The van der Waals surface area contributed by atoms with Crippen molar-refractivity contribution < 1.29 is 28.6 Å². The van der Waals surface area contributed by atoms with Crippen molar-refractivity contribution in [2.45, 2.75) is 277 Å². The molecule has 0 fully saturated rings. The lowest BCUT2D eigenvalue weighted by molar-refractivity contribution is -0.167. The van der Waals surface area contributed by atoms with E-state index in [0.29, 0.717) is 19.3 Å². The fourth-order valence-electron chi connectivity index (χ4n) is 7.21. The molecule has 6 nitrogen and oxygen atoms in total. The average Bonchev–Trinajstić information content (AvgIpc) is 3.17. The largest absolute Gasteiger partial charge is 0.462 e. The molecule has 320 valence electrons. The smallest absolute Gasteiger partial charge is 0.306 e. The molecular formula is C48H92O6. The van der Waals surface area contributed by atoms with Crippen LogP contribution in [0.1, 0.15) is 271 Å². The molecule has 0 aliphatic carbocycles. The SMILES string of the molecule is CCCCCCCCCCCCCCCCCCCCCC(=O)O[C@@H](COC(=O)CCCCCCC)COC(=O)CCCCCCCCCCCCCC. The summed E-state index contributed by atoms with van der Waals surface area (Å²) in [5.74, 6) is -0.863. The first-order chi connectivity index (χ1) is 26.5. The maximum Gasteiger partial charge on any atom is 0.306 e. The summed E-state index contributed by atoms with van der Waals surface area (Å²) in [4.78, 5) is 37.5. The highest BCUT2D eigenvalue weighted by Gasteiger charge is 2.19. The predicted molar refractivity (Wildman–Crippen MR) is 229 cm³/mol. The van der Waals surface area contributed by atoms with Crippen LogP contribution in [0, 0.1) is 0 Å². The van der Waals surface area contributed by atoms with Gasteiger partial charge in [0.25, 0.3) is 0 Å². The van der Waals surface area contributed by atoms with Crippen LogP contribution in [-0.2, 0) is 28.6 Å². The van der Waals surface area contributed by atoms with E-state index >= 15 is 0 Å². The molecule has 6 heteroatoms. The number of hydrogen-bond donors (Lipinski definition) is 0. The second-order valence-electron chi connectivity index (χ2n) is 16.4. The molecule has 0 aliphatic heterocycles. The van der Waals surface area contributed by atoms with Crippen LogP contribution in [-0.4, -0.2) is 37.2 Å². The lowest BCUT2D eigenvalue weighted by Gasteiger charge is -2.18. The van der Waals surface area contributed by atoms with E-state index in [1.165, 1.54) is 167 Å². The normalized spacial score (nSPS) is 11.8. The van der Waals surface area contributed by atoms with Gasteiger partial charge in [0, 0.05) is 19.3 Å². The van der Waals surface area contributed by atoms with Crippen molar-refractivity contribution >= 4 is 17.9 Å². The van der Waals surface area contributed by atoms with E-state index in [0.717, 1.165) is 64.2 Å². The fourth-order valence-corrected chi connectivity index (χ4v) is 7.21. The van der Waals surface area contributed by atoms with E-state index in [-0.39, 0.29) is 31.1 Å². The summed E-state index contributed by atoms with van der Waals surface area (Å²) in [6.07, 6.45) is 45.5. The van der Waals surface area contributed by atoms with E-state index in [1.54, 1.807) is 0 Å². The first-order valence-electron chi connectivity index (χ1n) is 24.0. The van der Waals surface area contributed by atoms with E-state index in [2.05, 4.69) is 20.8 Å². The van der Waals surface area contributed by atoms with Gasteiger partial charge in [-0.3, -0.25) is 14.4 Å². The van der Waals surface area contributed by atoms with Crippen LogP contribution in [0.25, 0.3) is 0 Å². The maximum absolute atomic E-state index is 12.7. The molecule has 1 atom stereocenters. The van der Waals surface area contributed by atoms with Crippen LogP contribution < -0.4 is 0 Å². The molecule has 0 bridgehead atoms. The summed E-state index contributed by atoms with van der Waals surface area (Å²) in [7, 11) is 0. The molecular weight excluding hydrogens is 673 g/mol. The Bertz CT molecular complexity index is 798. The van der Waals surface area contributed by atoms with E-state index in [4.69, 9.17) is 14.2 Å². The molecule has 0 aromatic rings. The fraction of sp³-hybridized carbons (Fsp3) is 0.938. The third-order valence-electron chi connectivity index (χ3n) is 10.9. The van der Waals surface area contributed by atoms with Crippen LogP contribution in [0.3, 0.4) is 0 Å². The molecule has 0 amide bonds. The Hall–Kier alpha value is -1.59. The first kappa shape index (κ1) is 52.4. The number of ether oxygens (including phenoxy) is 3. The minimum Gasteiger partial charge on any atom is -0.462 e. The highest BCUT2D eigenvalue weighted by atomic mass is 16.6. The van der Waals surface area contributed by atoms with Gasteiger partial charge in [-0.2, -0.15) is 0 Å². The highest BCUT2D eigenvalue weighted by molar-refractivity contribution is 5.71. The van der Waals surface area contributed by atoms with Crippen LogP contribution in [0.4, 0.5) is 0 Å². The number of hydrogen-bond acceptors (Lipinski definition) is 6. The van der Waals surface area contributed by atoms with Gasteiger partial charge in [0.1, 0.15) is 13.2 Å². The van der Waals surface area contributed by atoms with E-state index in [9.17, 15) is 14.4 Å². The lowest BCUT2D eigenvalue weighted by Crippen LogP contribution is -2.30. The molecule has 0 saturated carbocycles. The molecule has 0 N–H and O–H groups in total. The predicted octanol–water partition coefficient (Wildman–Crippen LogP) is 15.3. The van der Waals surface area contributed by atoms with Gasteiger partial charge in [-0.25, -0.2) is 0 Å². The minimum absolute atomic E-state index is 0.0637. The van der Waals surface area contributed by atoms with Gasteiger partial charge >= 0.3 is 17.9 Å². The second kappa shape index (κ2) is 44.1. The Morgan fingerprint density at radius 3 is 0.741 bits per heavy atom. The Morgan fingerprint density at radius 2 is 0.500 bits per heavy atom. The molecule has 0 spiro atoms. The van der Waals surface area contributed by atoms with Gasteiger partial charge in [0.15, 0.2) is 6.10 Å². The van der Waals surface area contributed by atoms with Crippen molar-refractivity contribution in [3.8, 4) is 0 Å². The molecule has 0 aliphatic rings. The lowest BCUT2D eigenvalue weighted by atomic mass is 10.0. The maximum atomic E-state index is 12.7. The third-order valence-corrected chi connectivity index (χ3v) is 10.9. The molecule has 0 radical (unpaired) electrons. The van der Waals surface area contributed by atoms with E-state index in [1.807, 2.05) is 0 Å². The molecule has 0 rings (SSSR count). The first-order valence-corrected chi connectivity index (χ1v) is 24.0. The summed E-state index contributed by atoms with van der Waals surface area (Å²) >= 11 is 0. The van der Waals surface area contributed by atoms with Gasteiger partial charge in [-0.05, 0) is 19.3 Å². The molecule has 0 aromatic carbocycles. The second-order valence-corrected chi connectivity index (χ2v) is 16.4. The molecule has 0 heterocycles. The number of carbonyl (C=O) groups is 3. The molecule has 0 saturated heterocycles. The van der Waals surface area contributed by atoms with Crippen LogP contribution >= 0.6 is 0 Å². The Labute approximate surface area is 336 Å². The minimum atomic E-state index is -0.757. The quantitative estimate of drug-likeness (QED) is 0.0349. The summed E-state index contributed by atoms with van der Waals surface area (Å²) in [5, 5.41) is 0. The number of carbonyl (C=O) groups excluding carboxylic acids is 3. The number of esters is 3. The van der Waals surface area contributed by atoms with Crippen molar-refractivity contribution in [1.29, 1.82) is 0 Å². The van der Waals surface area contributed by atoms with Crippen molar-refractivity contribution in [1.82, 2.24) is 0 Å². The van der Waals surface area contributed by atoms with Crippen LogP contribution in [0.2, 0.25) is 0 Å². The number of unbranched alkanes of at least 4 members (excludes halogenated alkanes) is 33. The molecule has 54 heavy (non-hydrogen) atoms. The Kier molecular flexibility index (Phi) is 42.8. The Morgan fingerprint density at radius 1 is 0.296 bits per heavy atom. The van der Waals surface area contributed by atoms with Gasteiger partial charge in [-0.15, -0.1) is 0 Å². The van der Waals surface area contributed by atoms with Crippen molar-refractivity contribution in [2.24, 2.45) is 0 Å². The molecule has 0 aromatic heterocycles. The third kappa shape index (κ3) is 41.6. The summed E-state index contributed by atoms with van der Waals surface area (Å²) < 4.78 is 16.6. The zero-order valence-electron chi connectivity index (χ0n) is 36.5. The van der Waals surface area contributed by atoms with Gasteiger partial charge in [-0.1, -0.05) is 233 Å². The summed E-state index contributed by atoms with van der Waals surface area (Å²) in [6, 6.07) is 0.